The Hall–Kier alpha value is -3.00. The van der Waals surface area contributed by atoms with Crippen LogP contribution in [0.5, 0.6) is 0 Å². The fourth-order valence-electron chi connectivity index (χ4n) is 6.97. The summed E-state index contributed by atoms with van der Waals surface area (Å²) >= 11 is 0. The largest absolute Gasteiger partial charge is 0.284 e. The van der Waals surface area contributed by atoms with Gasteiger partial charge in [-0.3, -0.25) is 9.88 Å². The molecule has 0 N–H and O–H groups in total. The standard InChI is InChI=1S/C30H31N3Si/c31-19-22-17-24(21-32-20-22)23-9-8-10-25(18-23)33-27-13-4-6-15-29(27)34(26-11-2-1-3-12-26)30-16-7-5-14-28(30)33/h1-6,8,10-15,17,20-21,23,25,27-30,34H,7,9,16,18H2. The van der Waals surface area contributed by atoms with Gasteiger partial charge in [0.15, 0.2) is 0 Å². The van der Waals surface area contributed by atoms with Gasteiger partial charge in [-0.05, 0) is 54.3 Å². The first-order valence-electron chi connectivity index (χ1n) is 12.7. The molecule has 1 saturated heterocycles. The quantitative estimate of drug-likeness (QED) is 0.468. The smallest absolute Gasteiger partial charge is 0.101 e. The molecule has 4 heteroatoms. The molecule has 170 valence electrons. The van der Waals surface area contributed by atoms with Crippen LogP contribution in [0.3, 0.4) is 0 Å². The molecule has 1 aliphatic heterocycles. The molecule has 1 fully saturated rings. The van der Waals surface area contributed by atoms with Gasteiger partial charge in [0.2, 0.25) is 0 Å². The Morgan fingerprint density at radius 2 is 1.85 bits per heavy atom. The van der Waals surface area contributed by atoms with Gasteiger partial charge in [0, 0.05) is 30.5 Å². The summed E-state index contributed by atoms with van der Waals surface area (Å²) in [6, 6.07) is 17.1. The highest BCUT2D eigenvalue weighted by Gasteiger charge is 2.50. The predicted octanol–water partition coefficient (Wildman–Crippen LogP) is 5.16. The predicted molar refractivity (Wildman–Crippen MR) is 141 cm³/mol. The number of allylic oxidation sites excluding steroid dienone is 4. The number of pyridine rings is 1. The first-order valence-corrected chi connectivity index (χ1v) is 14.6. The Balaban J connectivity index is 1.36. The van der Waals surface area contributed by atoms with E-state index in [1.165, 1.54) is 18.4 Å². The first-order chi connectivity index (χ1) is 16.8. The molecule has 0 amide bonds. The van der Waals surface area contributed by atoms with Crippen LogP contribution in [-0.2, 0) is 0 Å². The molecule has 2 heterocycles. The molecule has 0 spiro atoms. The summed E-state index contributed by atoms with van der Waals surface area (Å²) in [6.07, 6.45) is 27.6. The first kappa shape index (κ1) is 21.5. The van der Waals surface area contributed by atoms with Gasteiger partial charge in [0.25, 0.3) is 0 Å². The van der Waals surface area contributed by atoms with Gasteiger partial charge in [-0.1, -0.05) is 84.1 Å². The normalized spacial score (nSPS) is 34.3. The van der Waals surface area contributed by atoms with Crippen molar-refractivity contribution in [2.75, 3.05) is 0 Å². The van der Waals surface area contributed by atoms with Crippen LogP contribution in [0.25, 0.3) is 0 Å². The Bertz CT molecular complexity index is 1190. The van der Waals surface area contributed by atoms with E-state index in [0.717, 1.165) is 18.4 Å². The van der Waals surface area contributed by atoms with Crippen molar-refractivity contribution in [2.45, 2.75) is 60.8 Å². The van der Waals surface area contributed by atoms with Gasteiger partial charge in [-0.2, -0.15) is 5.26 Å². The van der Waals surface area contributed by atoms with Crippen molar-refractivity contribution in [3.8, 4) is 6.07 Å². The van der Waals surface area contributed by atoms with Crippen molar-refractivity contribution in [2.24, 2.45) is 0 Å². The summed E-state index contributed by atoms with van der Waals surface area (Å²) < 4.78 is 0. The van der Waals surface area contributed by atoms with Gasteiger partial charge in [-0.25, -0.2) is 0 Å². The molecule has 1 aromatic carbocycles. The maximum Gasteiger partial charge on any atom is 0.101 e. The number of nitriles is 1. The Kier molecular flexibility index (Phi) is 5.91. The second-order valence-electron chi connectivity index (χ2n) is 10.2. The van der Waals surface area contributed by atoms with Crippen LogP contribution in [0.2, 0.25) is 11.1 Å². The lowest BCUT2D eigenvalue weighted by Crippen LogP contribution is -2.63. The van der Waals surface area contributed by atoms with E-state index in [1.54, 1.807) is 11.4 Å². The van der Waals surface area contributed by atoms with E-state index < -0.39 is 8.80 Å². The molecule has 34 heavy (non-hydrogen) atoms. The number of hydrogen-bond acceptors (Lipinski definition) is 3. The average molecular weight is 462 g/mol. The number of benzene rings is 1. The third-order valence-corrected chi connectivity index (χ3v) is 12.6. The van der Waals surface area contributed by atoms with Crippen molar-refractivity contribution >= 4 is 14.0 Å². The average Bonchev–Trinajstić information content (AvgIpc) is 2.92. The van der Waals surface area contributed by atoms with Crippen LogP contribution in [0.4, 0.5) is 0 Å². The van der Waals surface area contributed by atoms with Gasteiger partial charge < -0.3 is 0 Å². The van der Waals surface area contributed by atoms with Crippen molar-refractivity contribution in [3.63, 3.8) is 0 Å². The topological polar surface area (TPSA) is 39.9 Å². The van der Waals surface area contributed by atoms with Crippen molar-refractivity contribution in [3.05, 3.63) is 109 Å². The number of fused-ring (bicyclic) bond motifs is 2. The minimum absolute atomic E-state index is 0.397. The van der Waals surface area contributed by atoms with Gasteiger partial charge in [-0.15, -0.1) is 0 Å². The van der Waals surface area contributed by atoms with Crippen LogP contribution in [0.15, 0.2) is 97.4 Å². The molecule has 6 rings (SSSR count). The minimum Gasteiger partial charge on any atom is -0.284 e. The van der Waals surface area contributed by atoms with Crippen molar-refractivity contribution < 1.29 is 0 Å². The van der Waals surface area contributed by atoms with E-state index in [0.29, 0.717) is 35.1 Å². The molecule has 7 unspecified atom stereocenters. The molecular formula is C30H31N3Si. The molecular weight excluding hydrogens is 430 g/mol. The van der Waals surface area contributed by atoms with E-state index in [2.05, 4.69) is 94.9 Å². The highest BCUT2D eigenvalue weighted by atomic mass is 28.3. The van der Waals surface area contributed by atoms with E-state index >= 15 is 0 Å². The lowest BCUT2D eigenvalue weighted by atomic mass is 9.83. The second kappa shape index (κ2) is 9.33. The minimum atomic E-state index is -1.24. The molecule has 0 saturated carbocycles. The fraction of sp³-hybridized carbons (Fsp3) is 0.333. The molecule has 7 atom stereocenters. The Morgan fingerprint density at radius 3 is 2.74 bits per heavy atom. The summed E-state index contributed by atoms with van der Waals surface area (Å²) in [7, 11) is -1.24. The molecule has 4 aliphatic rings. The lowest BCUT2D eigenvalue weighted by molar-refractivity contribution is 0.112. The van der Waals surface area contributed by atoms with Gasteiger partial charge >= 0.3 is 0 Å². The number of aromatic nitrogens is 1. The Morgan fingerprint density at radius 1 is 0.971 bits per heavy atom. The van der Waals surface area contributed by atoms with E-state index in [4.69, 9.17) is 0 Å². The van der Waals surface area contributed by atoms with E-state index in [-0.39, 0.29) is 0 Å². The van der Waals surface area contributed by atoms with Crippen LogP contribution >= 0.6 is 0 Å². The lowest BCUT2D eigenvalue weighted by Gasteiger charge is -2.56. The SMILES string of the molecule is N#Cc1cncc(C2CC=CC(N3C4C=CC=CC4[SiH](c4ccccc4)C4CCC=CC43)C2)c1. The summed E-state index contributed by atoms with van der Waals surface area (Å²) in [4.78, 5) is 7.21. The van der Waals surface area contributed by atoms with Crippen LogP contribution < -0.4 is 5.19 Å². The summed E-state index contributed by atoms with van der Waals surface area (Å²) in [5.74, 6) is 0.410. The zero-order chi connectivity index (χ0) is 22.9. The van der Waals surface area contributed by atoms with Crippen LogP contribution in [0, 0.1) is 11.3 Å². The molecule has 1 aromatic heterocycles. The number of nitrogens with zero attached hydrogens (tertiary/aromatic N) is 3. The van der Waals surface area contributed by atoms with E-state index in [9.17, 15) is 5.26 Å². The third-order valence-electron chi connectivity index (χ3n) is 8.38. The molecule has 0 bridgehead atoms. The maximum atomic E-state index is 9.36. The number of rotatable bonds is 3. The van der Waals surface area contributed by atoms with Crippen LogP contribution in [0.1, 0.15) is 42.7 Å². The summed E-state index contributed by atoms with van der Waals surface area (Å²) in [5, 5.41) is 11.0. The highest BCUT2D eigenvalue weighted by Crippen LogP contribution is 2.48. The summed E-state index contributed by atoms with van der Waals surface area (Å²) in [5.41, 5.74) is 3.24. The molecule has 2 aromatic rings. The van der Waals surface area contributed by atoms with Crippen molar-refractivity contribution in [1.29, 1.82) is 5.26 Å². The zero-order valence-corrected chi connectivity index (χ0v) is 20.6. The molecule has 0 radical (unpaired) electrons. The monoisotopic (exact) mass is 461 g/mol. The maximum absolute atomic E-state index is 9.36. The zero-order valence-electron chi connectivity index (χ0n) is 19.4. The molecule has 3 nitrogen and oxygen atoms in total. The summed E-state index contributed by atoms with van der Waals surface area (Å²) in [6.45, 7) is 0. The Labute approximate surface area is 204 Å². The second-order valence-corrected chi connectivity index (χ2v) is 13.5. The fourth-order valence-corrected chi connectivity index (χ4v) is 11.6. The molecule has 3 aliphatic carbocycles. The van der Waals surface area contributed by atoms with E-state index in [1.807, 2.05) is 12.3 Å². The van der Waals surface area contributed by atoms with Gasteiger partial charge in [0.1, 0.15) is 6.07 Å². The number of hydrogen-bond donors (Lipinski definition) is 0. The third kappa shape index (κ3) is 3.83. The van der Waals surface area contributed by atoms with Gasteiger partial charge in [0.05, 0.1) is 14.4 Å². The van der Waals surface area contributed by atoms with Crippen LogP contribution in [-0.4, -0.2) is 36.8 Å². The highest BCUT2D eigenvalue weighted by molar-refractivity contribution is 6.77. The van der Waals surface area contributed by atoms with Crippen molar-refractivity contribution in [1.82, 2.24) is 9.88 Å².